The average Bonchev–Trinajstić information content (AvgIpc) is 2.67. The minimum atomic E-state index is -0.703. The third kappa shape index (κ3) is 1.95. The van der Waals surface area contributed by atoms with Crippen LogP contribution in [0.2, 0.25) is 0 Å². The fourth-order valence-corrected chi connectivity index (χ4v) is 1.54. The second-order valence-corrected chi connectivity index (χ2v) is 3.30. The Bertz CT molecular complexity index is 643. The number of benzene rings is 1. The van der Waals surface area contributed by atoms with Crippen molar-refractivity contribution >= 4 is 40.0 Å². The second-order valence-electron chi connectivity index (χ2n) is 3.11. The fourth-order valence-electron chi connectivity index (χ4n) is 1.44. The van der Waals surface area contributed by atoms with Gasteiger partial charge in [0.2, 0.25) is 5.76 Å². The van der Waals surface area contributed by atoms with Crippen LogP contribution >= 0.6 is 12.2 Å². The zero-order valence-electron chi connectivity index (χ0n) is 8.69. The van der Waals surface area contributed by atoms with E-state index in [1.165, 1.54) is 19.2 Å². The van der Waals surface area contributed by atoms with E-state index >= 15 is 0 Å². The maximum Gasteiger partial charge on any atom is 0.376 e. The van der Waals surface area contributed by atoms with Gasteiger partial charge in [-0.2, -0.15) is 4.99 Å². The molecule has 0 aliphatic carbocycles. The maximum atomic E-state index is 13.0. The van der Waals surface area contributed by atoms with Crippen molar-refractivity contribution in [3.05, 3.63) is 29.8 Å². The molecule has 1 heterocycles. The quantitative estimate of drug-likeness (QED) is 0.467. The molecule has 0 atom stereocenters. The summed E-state index contributed by atoms with van der Waals surface area (Å²) >= 11 is 4.49. The van der Waals surface area contributed by atoms with Crippen molar-refractivity contribution in [2.45, 2.75) is 0 Å². The van der Waals surface area contributed by atoms with Gasteiger partial charge in [-0.25, -0.2) is 9.18 Å². The number of isothiocyanates is 1. The SMILES string of the molecule is COC(=O)c1oc2cc(F)ccc2c1N=C=S. The first kappa shape index (κ1) is 11.4. The molecular weight excluding hydrogens is 245 g/mol. The standard InChI is InChI=1S/C11H6FNO3S/c1-15-11(14)10-9(13-5-17)7-3-2-6(12)4-8(7)16-10/h2-4H,1H3. The molecule has 0 spiro atoms. The first-order valence-corrected chi connectivity index (χ1v) is 4.96. The largest absolute Gasteiger partial charge is 0.463 e. The van der Waals surface area contributed by atoms with Gasteiger partial charge in [-0.1, -0.05) is 0 Å². The number of hydrogen-bond donors (Lipinski definition) is 0. The summed E-state index contributed by atoms with van der Waals surface area (Å²) in [6.45, 7) is 0. The van der Waals surface area contributed by atoms with E-state index in [4.69, 9.17) is 4.42 Å². The second kappa shape index (κ2) is 4.45. The number of thiocarbonyl (C=S) groups is 1. The number of carbonyl (C=O) groups is 1. The summed E-state index contributed by atoms with van der Waals surface area (Å²) in [7, 11) is 1.21. The Morgan fingerprint density at radius 1 is 1.59 bits per heavy atom. The topological polar surface area (TPSA) is 51.8 Å². The molecule has 1 aromatic carbocycles. The van der Waals surface area contributed by atoms with Crippen molar-refractivity contribution in [2.75, 3.05) is 7.11 Å². The molecule has 86 valence electrons. The molecule has 6 heteroatoms. The van der Waals surface area contributed by atoms with Crippen molar-refractivity contribution in [1.29, 1.82) is 0 Å². The molecule has 0 aliphatic heterocycles. The van der Waals surface area contributed by atoms with E-state index in [-0.39, 0.29) is 17.0 Å². The normalized spacial score (nSPS) is 10.0. The lowest BCUT2D eigenvalue weighted by Gasteiger charge is -1.93. The van der Waals surface area contributed by atoms with Gasteiger partial charge in [0.25, 0.3) is 0 Å². The van der Waals surface area contributed by atoms with Crippen LogP contribution in [0, 0.1) is 5.82 Å². The number of esters is 1. The van der Waals surface area contributed by atoms with Crippen LogP contribution in [0.25, 0.3) is 11.0 Å². The molecule has 0 saturated carbocycles. The number of hydrogen-bond acceptors (Lipinski definition) is 5. The number of carbonyl (C=O) groups excluding carboxylic acids is 1. The highest BCUT2D eigenvalue weighted by Crippen LogP contribution is 2.33. The summed E-state index contributed by atoms with van der Waals surface area (Å²) in [4.78, 5) is 15.2. The van der Waals surface area contributed by atoms with Gasteiger partial charge in [0.05, 0.1) is 12.3 Å². The molecule has 1 aromatic heterocycles. The molecular formula is C11H6FNO3S. The van der Waals surface area contributed by atoms with E-state index in [2.05, 4.69) is 27.1 Å². The molecule has 2 rings (SSSR count). The van der Waals surface area contributed by atoms with Gasteiger partial charge in [0.15, 0.2) is 0 Å². The van der Waals surface area contributed by atoms with E-state index < -0.39 is 11.8 Å². The first-order chi connectivity index (χ1) is 8.17. The summed E-state index contributed by atoms with van der Waals surface area (Å²) in [5.41, 5.74) is 0.399. The monoisotopic (exact) mass is 251 g/mol. The van der Waals surface area contributed by atoms with Crippen LogP contribution in [0.5, 0.6) is 0 Å². The van der Waals surface area contributed by atoms with Gasteiger partial charge in [-0.05, 0) is 24.4 Å². The number of halogens is 1. The average molecular weight is 251 g/mol. The van der Waals surface area contributed by atoms with Crippen LogP contribution in [0.15, 0.2) is 27.6 Å². The number of furan rings is 1. The summed E-state index contributed by atoms with van der Waals surface area (Å²) < 4.78 is 22.7. The van der Waals surface area contributed by atoms with Gasteiger partial charge >= 0.3 is 5.97 Å². The van der Waals surface area contributed by atoms with Crippen molar-refractivity contribution in [3.63, 3.8) is 0 Å². The van der Waals surface area contributed by atoms with E-state index in [1.807, 2.05) is 0 Å². The smallest absolute Gasteiger partial charge is 0.376 e. The van der Waals surface area contributed by atoms with E-state index in [9.17, 15) is 9.18 Å². The van der Waals surface area contributed by atoms with Gasteiger partial charge < -0.3 is 9.15 Å². The molecule has 2 aromatic rings. The predicted molar refractivity (Wildman–Crippen MR) is 62.2 cm³/mol. The minimum absolute atomic E-state index is 0.120. The molecule has 0 aliphatic rings. The number of aliphatic imine (C=N–C) groups is 1. The number of ether oxygens (including phenoxy) is 1. The minimum Gasteiger partial charge on any atom is -0.463 e. The van der Waals surface area contributed by atoms with Crippen molar-refractivity contribution in [3.8, 4) is 0 Å². The Hall–Kier alpha value is -2.04. The fraction of sp³-hybridized carbons (Fsp3) is 0.0909. The molecule has 0 bridgehead atoms. The lowest BCUT2D eigenvalue weighted by atomic mass is 10.2. The van der Waals surface area contributed by atoms with Crippen molar-refractivity contribution in [1.82, 2.24) is 0 Å². The highest BCUT2D eigenvalue weighted by molar-refractivity contribution is 7.78. The summed E-state index contributed by atoms with van der Waals surface area (Å²) in [6, 6.07) is 3.84. The summed E-state index contributed by atoms with van der Waals surface area (Å²) in [6.07, 6.45) is 0. The first-order valence-electron chi connectivity index (χ1n) is 4.55. The van der Waals surface area contributed by atoms with Crippen LogP contribution in [0.1, 0.15) is 10.6 Å². The molecule has 17 heavy (non-hydrogen) atoms. The zero-order valence-corrected chi connectivity index (χ0v) is 9.51. The zero-order chi connectivity index (χ0) is 12.4. The Labute approximate surface area is 101 Å². The highest BCUT2D eigenvalue weighted by atomic mass is 32.1. The molecule has 0 saturated heterocycles. The summed E-state index contributed by atoms with van der Waals surface area (Å²) in [5.74, 6) is -1.29. The molecule has 4 nitrogen and oxygen atoms in total. The summed E-state index contributed by atoms with van der Waals surface area (Å²) in [5, 5.41) is 2.62. The number of methoxy groups -OCH3 is 1. The molecule has 0 amide bonds. The Morgan fingerprint density at radius 2 is 2.35 bits per heavy atom. The number of fused-ring (bicyclic) bond motifs is 1. The lowest BCUT2D eigenvalue weighted by Crippen LogP contribution is -1.98. The van der Waals surface area contributed by atoms with Crippen LogP contribution in [-0.2, 0) is 4.74 Å². The van der Waals surface area contributed by atoms with E-state index in [1.54, 1.807) is 0 Å². The Morgan fingerprint density at radius 3 is 3.00 bits per heavy atom. The van der Waals surface area contributed by atoms with Crippen molar-refractivity contribution in [2.24, 2.45) is 4.99 Å². The van der Waals surface area contributed by atoms with Gasteiger partial charge in [0, 0.05) is 11.5 Å². The lowest BCUT2D eigenvalue weighted by molar-refractivity contribution is 0.0569. The molecule has 0 fully saturated rings. The molecule has 0 radical (unpaired) electrons. The van der Waals surface area contributed by atoms with Gasteiger partial charge in [0.1, 0.15) is 17.1 Å². The maximum absolute atomic E-state index is 13.0. The number of nitrogens with zero attached hydrogens (tertiary/aromatic N) is 1. The van der Waals surface area contributed by atoms with Crippen molar-refractivity contribution < 1.29 is 18.3 Å². The van der Waals surface area contributed by atoms with Crippen LogP contribution in [-0.4, -0.2) is 18.2 Å². The van der Waals surface area contributed by atoms with Gasteiger partial charge in [-0.3, -0.25) is 0 Å². The van der Waals surface area contributed by atoms with Crippen LogP contribution < -0.4 is 0 Å². The third-order valence-electron chi connectivity index (χ3n) is 2.15. The Balaban J connectivity index is 2.78. The van der Waals surface area contributed by atoms with Crippen LogP contribution in [0.4, 0.5) is 10.1 Å². The van der Waals surface area contributed by atoms with E-state index in [0.29, 0.717) is 5.39 Å². The van der Waals surface area contributed by atoms with E-state index in [0.717, 1.165) is 6.07 Å². The van der Waals surface area contributed by atoms with Gasteiger partial charge in [-0.15, -0.1) is 0 Å². The Kier molecular flexibility index (Phi) is 2.99. The van der Waals surface area contributed by atoms with Crippen LogP contribution in [0.3, 0.4) is 0 Å². The molecule has 0 unspecified atom stereocenters. The number of rotatable bonds is 2. The highest BCUT2D eigenvalue weighted by Gasteiger charge is 2.21. The molecule has 0 N–H and O–H groups in total. The predicted octanol–water partition coefficient (Wildman–Crippen LogP) is 3.09. The third-order valence-corrected chi connectivity index (χ3v) is 2.25.